The molecule has 6 aromatic rings. The van der Waals surface area contributed by atoms with Crippen LogP contribution in [0.3, 0.4) is 0 Å². The van der Waals surface area contributed by atoms with Crippen molar-refractivity contribution in [3.05, 3.63) is 72.2 Å². The van der Waals surface area contributed by atoms with Crippen molar-refractivity contribution in [2.45, 2.75) is 32.6 Å². The molecule has 0 radical (unpaired) electrons. The zero-order valence-corrected chi connectivity index (χ0v) is 22.7. The topological polar surface area (TPSA) is 91.3 Å². The summed E-state index contributed by atoms with van der Waals surface area (Å²) in [5, 5.41) is 9.59. The van der Waals surface area contributed by atoms with Crippen LogP contribution in [0.4, 0.5) is 4.39 Å². The fraction of sp³-hybridized carbons (Fsp3) is 0.290. The van der Waals surface area contributed by atoms with E-state index in [0.717, 1.165) is 86.6 Å². The van der Waals surface area contributed by atoms with Crippen LogP contribution in [-0.2, 0) is 13.5 Å². The summed E-state index contributed by atoms with van der Waals surface area (Å²) in [5.41, 5.74) is 7.79. The fourth-order valence-corrected chi connectivity index (χ4v) is 5.87. The molecule has 5 aromatic heterocycles. The zero-order chi connectivity index (χ0) is 27.2. The normalized spacial score (nSPS) is 14.2. The first kappa shape index (κ1) is 24.7. The van der Waals surface area contributed by atoms with Crippen LogP contribution < -0.4 is 0 Å². The number of nitrogens with one attached hydrogen (secondary N) is 2. The van der Waals surface area contributed by atoms with Crippen molar-refractivity contribution in [2.75, 3.05) is 19.6 Å². The van der Waals surface area contributed by atoms with Gasteiger partial charge in [-0.15, -0.1) is 0 Å². The summed E-state index contributed by atoms with van der Waals surface area (Å²) in [6.45, 7) is 5.41. The second-order valence-electron chi connectivity index (χ2n) is 10.7. The Morgan fingerprint density at radius 1 is 0.975 bits per heavy atom. The second kappa shape index (κ2) is 9.98. The van der Waals surface area contributed by atoms with Crippen LogP contribution in [0.5, 0.6) is 0 Å². The summed E-state index contributed by atoms with van der Waals surface area (Å²) in [5.74, 6) is 0.712. The van der Waals surface area contributed by atoms with Gasteiger partial charge in [-0.2, -0.15) is 5.10 Å². The number of halogens is 1. The molecule has 0 spiro atoms. The maximum absolute atomic E-state index is 14.8. The molecule has 1 aromatic carbocycles. The predicted octanol–water partition coefficient (Wildman–Crippen LogP) is 6.04. The molecule has 2 N–H and O–H groups in total. The molecule has 0 saturated carbocycles. The van der Waals surface area contributed by atoms with Gasteiger partial charge in [0.15, 0.2) is 0 Å². The lowest BCUT2D eigenvalue weighted by atomic mass is 9.99. The van der Waals surface area contributed by atoms with Gasteiger partial charge < -0.3 is 14.5 Å². The van der Waals surface area contributed by atoms with E-state index in [1.54, 1.807) is 24.5 Å². The number of nitrogens with zero attached hydrogens (tertiary/aromatic N) is 6. The molecule has 40 heavy (non-hydrogen) atoms. The number of aromatic nitrogens is 7. The van der Waals surface area contributed by atoms with Gasteiger partial charge in [-0.1, -0.05) is 6.07 Å². The third-order valence-electron chi connectivity index (χ3n) is 8.12. The van der Waals surface area contributed by atoms with Gasteiger partial charge in [0.2, 0.25) is 0 Å². The molecular formula is C31H31FN8. The molecule has 0 bridgehead atoms. The van der Waals surface area contributed by atoms with E-state index in [2.05, 4.69) is 47.2 Å². The van der Waals surface area contributed by atoms with Crippen molar-refractivity contribution < 1.29 is 4.39 Å². The Morgan fingerprint density at radius 2 is 1.85 bits per heavy atom. The van der Waals surface area contributed by atoms with E-state index in [4.69, 9.17) is 0 Å². The Balaban J connectivity index is 1.23. The minimum Gasteiger partial charge on any atom is -0.338 e. The number of imidazole rings is 1. The highest BCUT2D eigenvalue weighted by molar-refractivity contribution is 6.00. The van der Waals surface area contributed by atoms with Gasteiger partial charge in [0.25, 0.3) is 0 Å². The number of hydrogen-bond donors (Lipinski definition) is 2. The molecule has 1 saturated heterocycles. The van der Waals surface area contributed by atoms with Crippen LogP contribution in [0.25, 0.3) is 55.8 Å². The molecule has 0 unspecified atom stereocenters. The maximum atomic E-state index is 14.8. The Bertz CT molecular complexity index is 1840. The molecule has 0 atom stereocenters. The van der Waals surface area contributed by atoms with Gasteiger partial charge in [-0.25, -0.2) is 14.4 Å². The van der Waals surface area contributed by atoms with Crippen molar-refractivity contribution in [3.8, 4) is 33.9 Å². The maximum Gasteiger partial charge on any atom is 0.138 e. The predicted molar refractivity (Wildman–Crippen MR) is 155 cm³/mol. The molecule has 202 valence electrons. The molecule has 1 aliphatic rings. The minimum atomic E-state index is -0.210. The molecule has 8 nitrogen and oxygen atoms in total. The van der Waals surface area contributed by atoms with E-state index in [1.165, 1.54) is 25.9 Å². The van der Waals surface area contributed by atoms with E-state index in [0.29, 0.717) is 0 Å². The molecule has 0 amide bonds. The van der Waals surface area contributed by atoms with Crippen LogP contribution in [0, 0.1) is 12.7 Å². The highest BCUT2D eigenvalue weighted by Gasteiger charge is 2.17. The van der Waals surface area contributed by atoms with E-state index in [1.807, 2.05) is 36.9 Å². The number of likely N-dealkylation sites (tertiary alicyclic amines) is 1. The lowest BCUT2D eigenvalue weighted by molar-refractivity contribution is 0.334. The monoisotopic (exact) mass is 534 g/mol. The van der Waals surface area contributed by atoms with Crippen molar-refractivity contribution in [3.63, 3.8) is 0 Å². The van der Waals surface area contributed by atoms with Gasteiger partial charge in [-0.05, 0) is 99.3 Å². The first-order valence-electron chi connectivity index (χ1n) is 13.9. The molecule has 1 aliphatic heterocycles. The number of aromatic amines is 2. The minimum absolute atomic E-state index is 0.210. The molecule has 1 fully saturated rings. The number of H-pyrrole nitrogens is 2. The van der Waals surface area contributed by atoms with Crippen molar-refractivity contribution >= 4 is 21.9 Å². The van der Waals surface area contributed by atoms with Crippen molar-refractivity contribution in [1.82, 2.24) is 39.6 Å². The largest absolute Gasteiger partial charge is 0.338 e. The van der Waals surface area contributed by atoms with E-state index in [9.17, 15) is 4.39 Å². The smallest absolute Gasteiger partial charge is 0.138 e. The molecule has 6 heterocycles. The molecule has 9 heteroatoms. The number of fused-ring (bicyclic) bond motifs is 2. The van der Waals surface area contributed by atoms with E-state index in [-0.39, 0.29) is 5.82 Å². The van der Waals surface area contributed by atoms with Gasteiger partial charge in [-0.3, -0.25) is 10.1 Å². The molecule has 0 aliphatic carbocycles. The third kappa shape index (κ3) is 4.46. The van der Waals surface area contributed by atoms with Crippen LogP contribution in [0.1, 0.15) is 30.7 Å². The summed E-state index contributed by atoms with van der Waals surface area (Å²) < 4.78 is 16.8. The first-order valence-corrected chi connectivity index (χ1v) is 13.9. The van der Waals surface area contributed by atoms with Crippen LogP contribution in [0.15, 0.2) is 55.0 Å². The lowest BCUT2D eigenvalue weighted by Crippen LogP contribution is -2.20. The Hall–Kier alpha value is -4.37. The molecular weight excluding hydrogens is 503 g/mol. The number of aryl methyl sites for hydroxylation is 2. The Morgan fingerprint density at radius 3 is 2.67 bits per heavy atom. The standard InChI is InChI=1S/C31H31FN8/c1-19-34-18-29(39(19)2)26-16-25-28(17-35-26)37-38-30(25)27-15-24-23(7-8-33-31(24)36-27)21-12-20(13-22(32)14-21)6-5-11-40-9-3-4-10-40/h7-8,12-18H,3-6,9-11H2,1-2H3,(H,33,36)(H,37,38). The number of benzene rings is 1. The van der Waals surface area contributed by atoms with Gasteiger partial charge >= 0.3 is 0 Å². The van der Waals surface area contributed by atoms with E-state index < -0.39 is 0 Å². The summed E-state index contributed by atoms with van der Waals surface area (Å²) >= 11 is 0. The SMILES string of the molecule is Cc1ncc(-c2cc3c(-c4cc5c(-c6cc(F)cc(CCCN7CCCC7)c6)ccnc5[nH]4)n[nH]c3cn2)n1C. The Labute approximate surface area is 231 Å². The van der Waals surface area contributed by atoms with Gasteiger partial charge in [0.1, 0.15) is 23.0 Å². The first-order chi connectivity index (χ1) is 19.5. The lowest BCUT2D eigenvalue weighted by Gasteiger charge is -2.14. The summed E-state index contributed by atoms with van der Waals surface area (Å²) in [7, 11) is 1.98. The average molecular weight is 535 g/mol. The number of pyridine rings is 2. The van der Waals surface area contributed by atoms with E-state index >= 15 is 0 Å². The van der Waals surface area contributed by atoms with Crippen molar-refractivity contribution in [2.24, 2.45) is 7.05 Å². The summed E-state index contributed by atoms with van der Waals surface area (Å²) in [6.07, 6.45) is 9.87. The van der Waals surface area contributed by atoms with Gasteiger partial charge in [0, 0.05) is 24.0 Å². The Kier molecular flexibility index (Phi) is 6.15. The van der Waals surface area contributed by atoms with Crippen LogP contribution in [-0.4, -0.2) is 59.2 Å². The number of rotatable bonds is 7. The van der Waals surface area contributed by atoms with Gasteiger partial charge in [0.05, 0.1) is 35.0 Å². The summed E-state index contributed by atoms with van der Waals surface area (Å²) in [6, 6.07) is 11.4. The average Bonchev–Trinajstić information content (AvgIpc) is 3.75. The highest BCUT2D eigenvalue weighted by atomic mass is 19.1. The highest BCUT2D eigenvalue weighted by Crippen LogP contribution is 2.34. The quantitative estimate of drug-likeness (QED) is 0.260. The number of hydrogen-bond acceptors (Lipinski definition) is 5. The fourth-order valence-electron chi connectivity index (χ4n) is 5.87. The zero-order valence-electron chi connectivity index (χ0n) is 22.7. The van der Waals surface area contributed by atoms with Crippen LogP contribution >= 0.6 is 0 Å². The molecule has 7 rings (SSSR count). The van der Waals surface area contributed by atoms with Crippen LogP contribution in [0.2, 0.25) is 0 Å². The second-order valence-corrected chi connectivity index (χ2v) is 10.7. The van der Waals surface area contributed by atoms with Crippen molar-refractivity contribution in [1.29, 1.82) is 0 Å². The summed E-state index contributed by atoms with van der Waals surface area (Å²) in [4.78, 5) is 19.6. The third-order valence-corrected chi connectivity index (χ3v) is 8.12.